The van der Waals surface area contributed by atoms with Crippen molar-refractivity contribution in [3.63, 3.8) is 0 Å². The zero-order valence-electron chi connectivity index (χ0n) is 13.4. The van der Waals surface area contributed by atoms with E-state index in [1.54, 1.807) is 6.08 Å². The number of rotatable bonds is 4. The fourth-order valence-electron chi connectivity index (χ4n) is 3.56. The molecule has 0 aromatic rings. The number of hydrogen-bond donors (Lipinski definition) is 0. The van der Waals surface area contributed by atoms with Crippen molar-refractivity contribution in [2.75, 3.05) is 20.8 Å². The molecular formula is C16H21NO6. The van der Waals surface area contributed by atoms with E-state index < -0.39 is 29.2 Å². The predicted molar refractivity (Wildman–Crippen MR) is 78.8 cm³/mol. The minimum absolute atomic E-state index is 0.0361. The molecule has 0 spiro atoms. The number of methoxy groups -OCH3 is 2. The molecule has 7 heteroatoms. The summed E-state index contributed by atoms with van der Waals surface area (Å²) in [6, 6.07) is 0. The summed E-state index contributed by atoms with van der Waals surface area (Å²) in [5, 5.41) is 0. The molecule has 2 aliphatic rings. The number of amides is 2. The number of esters is 2. The first-order valence-corrected chi connectivity index (χ1v) is 7.55. The van der Waals surface area contributed by atoms with E-state index in [0.717, 1.165) is 0 Å². The summed E-state index contributed by atoms with van der Waals surface area (Å²) >= 11 is 0. The number of carbonyl (C=O) groups excluding carboxylic acids is 4. The number of likely N-dealkylation sites (tertiary alicyclic amines) is 1. The molecule has 2 rings (SSSR count). The minimum Gasteiger partial charge on any atom is -0.468 e. The summed E-state index contributed by atoms with van der Waals surface area (Å²) < 4.78 is 9.52. The Hall–Kier alpha value is -2.18. The van der Waals surface area contributed by atoms with Crippen LogP contribution in [-0.2, 0) is 28.7 Å². The van der Waals surface area contributed by atoms with Crippen molar-refractivity contribution in [3.8, 4) is 0 Å². The van der Waals surface area contributed by atoms with E-state index in [1.807, 2.05) is 0 Å². The van der Waals surface area contributed by atoms with Gasteiger partial charge >= 0.3 is 11.9 Å². The quantitative estimate of drug-likeness (QED) is 0.327. The summed E-state index contributed by atoms with van der Waals surface area (Å²) in [7, 11) is 2.38. The van der Waals surface area contributed by atoms with Crippen LogP contribution in [0.2, 0.25) is 0 Å². The maximum absolute atomic E-state index is 12.7. The van der Waals surface area contributed by atoms with E-state index in [9.17, 15) is 19.2 Å². The number of ether oxygens (including phenoxy) is 2. The van der Waals surface area contributed by atoms with Crippen molar-refractivity contribution in [1.29, 1.82) is 0 Å². The highest BCUT2D eigenvalue weighted by molar-refractivity contribution is 6.03. The smallest absolute Gasteiger partial charge is 0.323 e. The molecule has 23 heavy (non-hydrogen) atoms. The first kappa shape index (κ1) is 17.2. The Morgan fingerprint density at radius 2 is 1.83 bits per heavy atom. The summed E-state index contributed by atoms with van der Waals surface area (Å²) in [6.45, 7) is 4.07. The maximum atomic E-state index is 12.7. The molecule has 1 aliphatic carbocycles. The molecular weight excluding hydrogens is 302 g/mol. The summed E-state index contributed by atoms with van der Waals surface area (Å²) in [5.41, 5.74) is -1.52. The lowest BCUT2D eigenvalue weighted by atomic mass is 9.85. The first-order chi connectivity index (χ1) is 10.9. The van der Waals surface area contributed by atoms with Gasteiger partial charge in [0.25, 0.3) is 0 Å². The van der Waals surface area contributed by atoms with Crippen LogP contribution in [0.4, 0.5) is 0 Å². The van der Waals surface area contributed by atoms with E-state index in [1.165, 1.54) is 19.1 Å². The lowest BCUT2D eigenvalue weighted by Crippen LogP contribution is -2.41. The zero-order chi connectivity index (χ0) is 17.2. The molecule has 1 heterocycles. The van der Waals surface area contributed by atoms with Gasteiger partial charge < -0.3 is 9.47 Å². The van der Waals surface area contributed by atoms with E-state index in [2.05, 4.69) is 6.58 Å². The van der Waals surface area contributed by atoms with Gasteiger partial charge in [-0.1, -0.05) is 6.08 Å². The van der Waals surface area contributed by atoms with Crippen LogP contribution in [0.25, 0.3) is 0 Å². The SMILES string of the molecule is C=C[C@@H]1CC(C(=O)OC)(C(=O)OC)C[C@H]1C(=O)N1CCCC1=O. The molecule has 126 valence electrons. The molecule has 2 fully saturated rings. The van der Waals surface area contributed by atoms with Crippen LogP contribution < -0.4 is 0 Å². The van der Waals surface area contributed by atoms with Gasteiger partial charge in [-0.2, -0.15) is 0 Å². The van der Waals surface area contributed by atoms with Crippen molar-refractivity contribution in [2.45, 2.75) is 25.7 Å². The number of nitrogens with zero attached hydrogens (tertiary/aromatic N) is 1. The average molecular weight is 323 g/mol. The van der Waals surface area contributed by atoms with Crippen LogP contribution in [0.1, 0.15) is 25.7 Å². The highest BCUT2D eigenvalue weighted by atomic mass is 16.5. The Morgan fingerprint density at radius 1 is 1.22 bits per heavy atom. The Balaban J connectivity index is 2.32. The third kappa shape index (κ3) is 2.75. The fraction of sp³-hybridized carbons (Fsp3) is 0.625. The highest BCUT2D eigenvalue weighted by Gasteiger charge is 2.59. The van der Waals surface area contributed by atoms with Crippen LogP contribution in [-0.4, -0.2) is 49.4 Å². The molecule has 2 amide bonds. The number of carbonyl (C=O) groups is 4. The Labute approximate surface area is 134 Å². The number of imide groups is 1. The van der Waals surface area contributed by atoms with Crippen LogP contribution in [0.15, 0.2) is 12.7 Å². The predicted octanol–water partition coefficient (Wildman–Crippen LogP) is 0.680. The molecule has 0 N–H and O–H groups in total. The van der Waals surface area contributed by atoms with Crippen molar-refractivity contribution in [2.24, 2.45) is 17.3 Å². The maximum Gasteiger partial charge on any atom is 0.323 e. The van der Waals surface area contributed by atoms with Crippen LogP contribution in [0, 0.1) is 17.3 Å². The standard InChI is InChI=1S/C16H21NO6/c1-4-10-8-16(14(20)22-2,15(21)23-3)9-11(10)13(19)17-7-5-6-12(17)18/h4,10-11H,1,5-9H2,2-3H3/t10-,11-/m1/s1. The van der Waals surface area contributed by atoms with E-state index in [0.29, 0.717) is 19.4 Å². The fourth-order valence-corrected chi connectivity index (χ4v) is 3.56. The summed E-state index contributed by atoms with van der Waals surface area (Å²) in [6.07, 6.45) is 2.59. The monoisotopic (exact) mass is 323 g/mol. The molecule has 2 atom stereocenters. The van der Waals surface area contributed by atoms with Crippen LogP contribution >= 0.6 is 0 Å². The number of hydrogen-bond acceptors (Lipinski definition) is 6. The van der Waals surface area contributed by atoms with E-state index in [-0.39, 0.29) is 24.7 Å². The van der Waals surface area contributed by atoms with Crippen molar-refractivity contribution >= 4 is 23.8 Å². The molecule has 0 radical (unpaired) electrons. The Morgan fingerprint density at radius 3 is 2.26 bits per heavy atom. The van der Waals surface area contributed by atoms with Gasteiger partial charge in [-0.15, -0.1) is 6.58 Å². The normalized spacial score (nSPS) is 26.0. The Kier molecular flexibility index (Phi) is 4.87. The zero-order valence-corrected chi connectivity index (χ0v) is 13.4. The van der Waals surface area contributed by atoms with Gasteiger partial charge in [0.15, 0.2) is 5.41 Å². The van der Waals surface area contributed by atoms with Gasteiger partial charge in [0.05, 0.1) is 14.2 Å². The summed E-state index contributed by atoms with van der Waals surface area (Å²) in [4.78, 5) is 50.1. The summed E-state index contributed by atoms with van der Waals surface area (Å²) in [5.74, 6) is -3.07. The molecule has 1 saturated carbocycles. The van der Waals surface area contributed by atoms with Gasteiger partial charge in [0.1, 0.15) is 0 Å². The molecule has 0 unspecified atom stereocenters. The highest BCUT2D eigenvalue weighted by Crippen LogP contribution is 2.48. The second-order valence-electron chi connectivity index (χ2n) is 5.97. The second-order valence-corrected chi connectivity index (χ2v) is 5.97. The van der Waals surface area contributed by atoms with E-state index >= 15 is 0 Å². The molecule has 1 aliphatic heterocycles. The third-order valence-corrected chi connectivity index (χ3v) is 4.78. The van der Waals surface area contributed by atoms with Crippen LogP contribution in [0.3, 0.4) is 0 Å². The van der Waals surface area contributed by atoms with E-state index in [4.69, 9.17) is 9.47 Å². The lowest BCUT2D eigenvalue weighted by molar-refractivity contribution is -0.169. The first-order valence-electron chi connectivity index (χ1n) is 7.55. The van der Waals surface area contributed by atoms with Crippen LogP contribution in [0.5, 0.6) is 0 Å². The van der Waals surface area contributed by atoms with Gasteiger partial charge in [-0.05, 0) is 25.2 Å². The minimum atomic E-state index is -1.52. The second kappa shape index (κ2) is 6.52. The van der Waals surface area contributed by atoms with Crippen molar-refractivity contribution in [1.82, 2.24) is 4.90 Å². The Bertz CT molecular complexity index is 539. The molecule has 0 aromatic heterocycles. The third-order valence-electron chi connectivity index (χ3n) is 4.78. The average Bonchev–Trinajstić information content (AvgIpc) is 3.17. The van der Waals surface area contributed by atoms with Gasteiger partial charge in [0, 0.05) is 18.9 Å². The molecule has 1 saturated heterocycles. The van der Waals surface area contributed by atoms with Crippen molar-refractivity contribution in [3.05, 3.63) is 12.7 Å². The van der Waals surface area contributed by atoms with Gasteiger partial charge in [-0.3, -0.25) is 24.1 Å². The molecule has 7 nitrogen and oxygen atoms in total. The number of allylic oxidation sites excluding steroid dienone is 1. The largest absolute Gasteiger partial charge is 0.468 e. The molecule has 0 aromatic carbocycles. The van der Waals surface area contributed by atoms with Gasteiger partial charge in [-0.25, -0.2) is 0 Å². The van der Waals surface area contributed by atoms with Crippen molar-refractivity contribution < 1.29 is 28.7 Å². The topological polar surface area (TPSA) is 90.0 Å². The van der Waals surface area contributed by atoms with Gasteiger partial charge in [0.2, 0.25) is 11.8 Å². The molecule has 0 bridgehead atoms. The lowest BCUT2D eigenvalue weighted by Gasteiger charge is -2.23.